The molecule has 6 nitrogen and oxygen atoms in total. The van der Waals surface area contributed by atoms with Gasteiger partial charge in [0.2, 0.25) is 0 Å². The molecule has 3 aromatic rings. The van der Waals surface area contributed by atoms with Crippen molar-refractivity contribution in [3.8, 4) is 17.0 Å². The molecule has 0 spiro atoms. The first kappa shape index (κ1) is 18.2. The molecule has 2 aliphatic rings. The number of H-pyrrole nitrogens is 1. The molecule has 30 heavy (non-hydrogen) atoms. The number of halogens is 1. The predicted molar refractivity (Wildman–Crippen MR) is 113 cm³/mol. The maximum Gasteiger partial charge on any atom is 0.148 e. The zero-order valence-corrected chi connectivity index (χ0v) is 16.3. The first-order chi connectivity index (χ1) is 14.7. The third kappa shape index (κ3) is 3.45. The van der Waals surface area contributed by atoms with Gasteiger partial charge in [0.1, 0.15) is 17.7 Å². The van der Waals surface area contributed by atoms with E-state index in [0.717, 1.165) is 34.1 Å². The number of benzene rings is 2. The number of ether oxygens (including phenoxy) is 1. The SMILES string of the molecule is COc1ccc(-c2cc(CN3C=CC4=NC(c5ccccc5F)NC4=C3)[nH]n2)cc1. The monoisotopic (exact) mass is 401 g/mol. The summed E-state index contributed by atoms with van der Waals surface area (Å²) in [7, 11) is 1.65. The second-order valence-electron chi connectivity index (χ2n) is 7.12. The van der Waals surface area contributed by atoms with Gasteiger partial charge in [-0.25, -0.2) is 4.39 Å². The number of allylic oxidation sites excluding steroid dienone is 1. The van der Waals surface area contributed by atoms with Crippen LogP contribution in [0.15, 0.2) is 83.8 Å². The Hall–Kier alpha value is -3.87. The highest BCUT2D eigenvalue weighted by Crippen LogP contribution is 2.28. The zero-order chi connectivity index (χ0) is 20.5. The van der Waals surface area contributed by atoms with Crippen molar-refractivity contribution >= 4 is 5.71 Å². The van der Waals surface area contributed by atoms with E-state index < -0.39 is 6.17 Å². The maximum absolute atomic E-state index is 14.1. The normalized spacial score (nSPS) is 17.3. The molecule has 0 amide bonds. The molecule has 0 saturated carbocycles. The van der Waals surface area contributed by atoms with E-state index in [1.165, 1.54) is 6.07 Å². The number of nitrogens with one attached hydrogen (secondary N) is 2. The summed E-state index contributed by atoms with van der Waals surface area (Å²) in [4.78, 5) is 6.63. The minimum absolute atomic E-state index is 0.261. The summed E-state index contributed by atoms with van der Waals surface area (Å²) in [6.07, 6.45) is 5.46. The molecular weight excluding hydrogens is 381 g/mol. The van der Waals surface area contributed by atoms with Crippen molar-refractivity contribution in [3.05, 3.63) is 95.8 Å². The molecule has 1 atom stereocenters. The van der Waals surface area contributed by atoms with E-state index in [0.29, 0.717) is 12.1 Å². The van der Waals surface area contributed by atoms with E-state index in [4.69, 9.17) is 4.74 Å². The van der Waals surface area contributed by atoms with Gasteiger partial charge in [0, 0.05) is 23.5 Å². The summed E-state index contributed by atoms with van der Waals surface area (Å²) in [6, 6.07) is 16.5. The first-order valence-corrected chi connectivity index (χ1v) is 9.63. The van der Waals surface area contributed by atoms with Crippen LogP contribution in [-0.4, -0.2) is 27.9 Å². The minimum Gasteiger partial charge on any atom is -0.497 e. The summed E-state index contributed by atoms with van der Waals surface area (Å²) >= 11 is 0. The number of aromatic amines is 1. The van der Waals surface area contributed by atoms with Crippen molar-refractivity contribution < 1.29 is 9.13 Å². The number of aliphatic imine (C=N–C) groups is 1. The Bertz CT molecular complexity index is 1160. The Morgan fingerprint density at radius 2 is 1.97 bits per heavy atom. The molecule has 5 rings (SSSR count). The topological polar surface area (TPSA) is 65.5 Å². The molecule has 2 aliphatic heterocycles. The van der Waals surface area contributed by atoms with E-state index >= 15 is 0 Å². The lowest BCUT2D eigenvalue weighted by Gasteiger charge is -2.20. The third-order valence-electron chi connectivity index (χ3n) is 5.12. The van der Waals surface area contributed by atoms with Crippen molar-refractivity contribution in [1.29, 1.82) is 0 Å². The number of rotatable bonds is 5. The highest BCUT2D eigenvalue weighted by atomic mass is 19.1. The smallest absolute Gasteiger partial charge is 0.148 e. The Morgan fingerprint density at radius 3 is 2.77 bits per heavy atom. The molecule has 3 heterocycles. The molecule has 0 bridgehead atoms. The van der Waals surface area contributed by atoms with Crippen LogP contribution in [0.2, 0.25) is 0 Å². The number of aromatic nitrogens is 2. The van der Waals surface area contributed by atoms with Gasteiger partial charge in [-0.1, -0.05) is 18.2 Å². The average Bonchev–Trinajstić information content (AvgIpc) is 3.41. The van der Waals surface area contributed by atoms with Crippen LogP contribution in [0.25, 0.3) is 11.3 Å². The van der Waals surface area contributed by atoms with Crippen molar-refractivity contribution in [2.45, 2.75) is 12.7 Å². The molecule has 150 valence electrons. The lowest BCUT2D eigenvalue weighted by Crippen LogP contribution is -2.22. The van der Waals surface area contributed by atoms with Crippen molar-refractivity contribution in [2.24, 2.45) is 4.99 Å². The van der Waals surface area contributed by atoms with Gasteiger partial charge >= 0.3 is 0 Å². The van der Waals surface area contributed by atoms with Gasteiger partial charge in [-0.2, -0.15) is 5.10 Å². The summed E-state index contributed by atoms with van der Waals surface area (Å²) in [5.41, 5.74) is 5.11. The van der Waals surface area contributed by atoms with Crippen LogP contribution in [0, 0.1) is 5.82 Å². The van der Waals surface area contributed by atoms with Crippen LogP contribution < -0.4 is 10.1 Å². The van der Waals surface area contributed by atoms with Crippen molar-refractivity contribution in [2.75, 3.05) is 7.11 Å². The van der Waals surface area contributed by atoms with Crippen LogP contribution >= 0.6 is 0 Å². The molecular formula is C23H20FN5O. The van der Waals surface area contributed by atoms with Gasteiger partial charge in [-0.15, -0.1) is 0 Å². The van der Waals surface area contributed by atoms with E-state index in [1.807, 2.05) is 59.8 Å². The Morgan fingerprint density at radius 1 is 1.13 bits per heavy atom. The molecule has 0 radical (unpaired) electrons. The van der Waals surface area contributed by atoms with Gasteiger partial charge < -0.3 is 15.0 Å². The standard InChI is InChI=1S/C23H20FN5O/c1-30-17-8-6-15(7-9-17)21-12-16(27-28-21)13-29-11-10-20-22(14-29)26-23(25-20)18-4-2-3-5-19(18)24/h2-12,14,23,26H,13H2,1H3,(H,27,28). The summed E-state index contributed by atoms with van der Waals surface area (Å²) in [5, 5.41) is 10.8. The number of hydrogen-bond donors (Lipinski definition) is 2. The highest BCUT2D eigenvalue weighted by Gasteiger charge is 2.26. The molecule has 0 aliphatic carbocycles. The largest absolute Gasteiger partial charge is 0.497 e. The van der Waals surface area contributed by atoms with Gasteiger partial charge in [0.05, 0.1) is 36.5 Å². The van der Waals surface area contributed by atoms with E-state index in [1.54, 1.807) is 19.2 Å². The second kappa shape index (κ2) is 7.51. The van der Waals surface area contributed by atoms with Crippen LogP contribution in [0.3, 0.4) is 0 Å². The molecule has 0 fully saturated rings. The molecule has 1 unspecified atom stereocenters. The van der Waals surface area contributed by atoms with Crippen molar-refractivity contribution in [1.82, 2.24) is 20.4 Å². The highest BCUT2D eigenvalue weighted by molar-refractivity contribution is 6.10. The van der Waals surface area contributed by atoms with E-state index in [-0.39, 0.29) is 5.82 Å². The van der Waals surface area contributed by atoms with Gasteiger partial charge in [0.25, 0.3) is 0 Å². The summed E-state index contributed by atoms with van der Waals surface area (Å²) in [6.45, 7) is 0.627. The van der Waals surface area contributed by atoms with Crippen LogP contribution in [0.1, 0.15) is 17.4 Å². The molecule has 7 heteroatoms. The average molecular weight is 401 g/mol. The van der Waals surface area contributed by atoms with Gasteiger partial charge in [-0.3, -0.25) is 10.1 Å². The molecule has 2 N–H and O–H groups in total. The first-order valence-electron chi connectivity index (χ1n) is 9.63. The number of fused-ring (bicyclic) bond motifs is 1. The summed E-state index contributed by atoms with van der Waals surface area (Å²) < 4.78 is 19.3. The van der Waals surface area contributed by atoms with E-state index in [9.17, 15) is 4.39 Å². The molecule has 1 aromatic heterocycles. The fourth-order valence-electron chi connectivity index (χ4n) is 3.57. The zero-order valence-electron chi connectivity index (χ0n) is 16.3. The van der Waals surface area contributed by atoms with Crippen LogP contribution in [0.5, 0.6) is 5.75 Å². The Labute approximate surface area is 173 Å². The maximum atomic E-state index is 14.1. The number of nitrogens with zero attached hydrogens (tertiary/aromatic N) is 3. The number of methoxy groups -OCH3 is 1. The predicted octanol–water partition coefficient (Wildman–Crippen LogP) is 4.14. The Balaban J connectivity index is 1.29. The second-order valence-corrected chi connectivity index (χ2v) is 7.12. The van der Waals surface area contributed by atoms with Crippen LogP contribution in [0.4, 0.5) is 4.39 Å². The lowest BCUT2D eigenvalue weighted by atomic mass is 10.1. The van der Waals surface area contributed by atoms with Crippen LogP contribution in [-0.2, 0) is 6.54 Å². The van der Waals surface area contributed by atoms with E-state index in [2.05, 4.69) is 20.5 Å². The quantitative estimate of drug-likeness (QED) is 0.675. The fraction of sp³-hybridized carbons (Fsp3) is 0.130. The van der Waals surface area contributed by atoms with Gasteiger partial charge in [-0.05, 0) is 42.5 Å². The fourth-order valence-corrected chi connectivity index (χ4v) is 3.57. The van der Waals surface area contributed by atoms with Gasteiger partial charge in [0.15, 0.2) is 0 Å². The minimum atomic E-state index is -0.411. The third-order valence-corrected chi connectivity index (χ3v) is 5.12. The molecule has 0 saturated heterocycles. The van der Waals surface area contributed by atoms with Crippen molar-refractivity contribution in [3.63, 3.8) is 0 Å². The number of hydrogen-bond acceptors (Lipinski definition) is 5. The Kier molecular flexibility index (Phi) is 4.55. The summed E-state index contributed by atoms with van der Waals surface area (Å²) in [5.74, 6) is 0.553. The lowest BCUT2D eigenvalue weighted by molar-refractivity contribution is 0.415. The molecule has 2 aromatic carbocycles.